The van der Waals surface area contributed by atoms with E-state index < -0.39 is 0 Å². The maximum absolute atomic E-state index is 12.4. The van der Waals surface area contributed by atoms with Crippen LogP contribution < -0.4 is 9.64 Å². The number of anilines is 1. The Morgan fingerprint density at radius 1 is 1.12 bits per heavy atom. The molecule has 24 heavy (non-hydrogen) atoms. The number of para-hydroxylation sites is 1. The first-order chi connectivity index (χ1) is 11.7. The molecule has 1 heterocycles. The Hall–Kier alpha value is -2.66. The summed E-state index contributed by atoms with van der Waals surface area (Å²) in [7, 11) is 3.43. The van der Waals surface area contributed by atoms with Gasteiger partial charge in [-0.3, -0.25) is 4.79 Å². The summed E-state index contributed by atoms with van der Waals surface area (Å²) in [4.78, 5) is 18.7. The van der Waals surface area contributed by atoms with Crippen LogP contribution in [0.2, 0.25) is 0 Å². The SMILES string of the molecule is COc1ccc(-c2nc(CC(=O)N(C)c3ccccc3)cs2)cc1. The van der Waals surface area contributed by atoms with Gasteiger partial charge in [-0.1, -0.05) is 18.2 Å². The molecule has 0 aliphatic carbocycles. The van der Waals surface area contributed by atoms with E-state index in [1.54, 1.807) is 30.4 Å². The molecule has 0 aliphatic rings. The first-order valence-electron chi connectivity index (χ1n) is 7.58. The molecule has 0 spiro atoms. The topological polar surface area (TPSA) is 42.4 Å². The number of aromatic nitrogens is 1. The number of hydrogen-bond acceptors (Lipinski definition) is 4. The van der Waals surface area contributed by atoms with Gasteiger partial charge in [0.2, 0.25) is 5.91 Å². The molecule has 3 aromatic rings. The number of methoxy groups -OCH3 is 1. The Labute approximate surface area is 145 Å². The second-order valence-electron chi connectivity index (χ2n) is 5.34. The molecule has 0 saturated carbocycles. The monoisotopic (exact) mass is 338 g/mol. The van der Waals surface area contributed by atoms with Crippen molar-refractivity contribution in [1.29, 1.82) is 0 Å². The molecule has 3 rings (SSSR count). The Balaban J connectivity index is 1.70. The number of hydrogen-bond donors (Lipinski definition) is 0. The maximum atomic E-state index is 12.4. The fourth-order valence-electron chi connectivity index (χ4n) is 2.32. The van der Waals surface area contributed by atoms with Gasteiger partial charge in [0.05, 0.1) is 19.2 Å². The van der Waals surface area contributed by atoms with Crippen molar-refractivity contribution in [2.75, 3.05) is 19.1 Å². The third kappa shape index (κ3) is 3.63. The van der Waals surface area contributed by atoms with Crippen molar-refractivity contribution < 1.29 is 9.53 Å². The number of benzene rings is 2. The minimum Gasteiger partial charge on any atom is -0.497 e. The van der Waals surface area contributed by atoms with Crippen LogP contribution in [0.25, 0.3) is 10.6 Å². The summed E-state index contributed by atoms with van der Waals surface area (Å²) < 4.78 is 5.16. The zero-order valence-electron chi connectivity index (χ0n) is 13.6. The van der Waals surface area contributed by atoms with E-state index >= 15 is 0 Å². The van der Waals surface area contributed by atoms with Crippen molar-refractivity contribution in [3.05, 3.63) is 65.7 Å². The van der Waals surface area contributed by atoms with Gasteiger partial charge in [-0.15, -0.1) is 11.3 Å². The number of carbonyl (C=O) groups is 1. The van der Waals surface area contributed by atoms with Crippen LogP contribution in [-0.2, 0) is 11.2 Å². The third-order valence-corrected chi connectivity index (χ3v) is 4.68. The molecule has 0 N–H and O–H groups in total. The quantitative estimate of drug-likeness (QED) is 0.705. The molecule has 122 valence electrons. The van der Waals surface area contributed by atoms with Crippen LogP contribution in [0.1, 0.15) is 5.69 Å². The Kier molecular flexibility index (Phi) is 4.91. The van der Waals surface area contributed by atoms with Crippen LogP contribution in [-0.4, -0.2) is 25.0 Å². The Morgan fingerprint density at radius 3 is 2.50 bits per heavy atom. The highest BCUT2D eigenvalue weighted by atomic mass is 32.1. The molecule has 0 unspecified atom stereocenters. The highest BCUT2D eigenvalue weighted by molar-refractivity contribution is 7.13. The number of thiazole rings is 1. The van der Waals surface area contributed by atoms with E-state index in [1.165, 1.54) is 0 Å². The maximum Gasteiger partial charge on any atom is 0.232 e. The van der Waals surface area contributed by atoms with Gasteiger partial charge in [-0.2, -0.15) is 0 Å². The molecule has 1 aromatic heterocycles. The lowest BCUT2D eigenvalue weighted by Crippen LogP contribution is -2.27. The molecule has 0 atom stereocenters. The number of rotatable bonds is 5. The summed E-state index contributed by atoms with van der Waals surface area (Å²) in [5.74, 6) is 0.836. The Bertz CT molecular complexity index is 813. The second-order valence-corrected chi connectivity index (χ2v) is 6.20. The standard InChI is InChI=1S/C19H18N2O2S/c1-21(16-6-4-3-5-7-16)18(22)12-15-13-24-19(20-15)14-8-10-17(23-2)11-9-14/h3-11,13H,12H2,1-2H3. The lowest BCUT2D eigenvalue weighted by atomic mass is 10.2. The molecular formula is C19H18N2O2S. The van der Waals surface area contributed by atoms with E-state index in [4.69, 9.17) is 4.74 Å². The van der Waals surface area contributed by atoms with E-state index in [0.717, 1.165) is 27.7 Å². The van der Waals surface area contributed by atoms with Crippen molar-refractivity contribution in [2.45, 2.75) is 6.42 Å². The van der Waals surface area contributed by atoms with Crippen LogP contribution in [0, 0.1) is 0 Å². The van der Waals surface area contributed by atoms with Crippen molar-refractivity contribution in [2.24, 2.45) is 0 Å². The van der Waals surface area contributed by atoms with Gasteiger partial charge in [-0.05, 0) is 36.4 Å². The fourth-order valence-corrected chi connectivity index (χ4v) is 3.15. The van der Waals surface area contributed by atoms with E-state index in [-0.39, 0.29) is 12.3 Å². The predicted molar refractivity (Wildman–Crippen MR) is 97.7 cm³/mol. The predicted octanol–water partition coefficient (Wildman–Crippen LogP) is 4.02. The average molecular weight is 338 g/mol. The minimum absolute atomic E-state index is 0.0211. The highest BCUT2D eigenvalue weighted by Crippen LogP contribution is 2.26. The fraction of sp³-hybridized carbons (Fsp3) is 0.158. The molecule has 0 fully saturated rings. The lowest BCUT2D eigenvalue weighted by Gasteiger charge is -2.16. The number of ether oxygens (including phenoxy) is 1. The number of amides is 1. The zero-order chi connectivity index (χ0) is 16.9. The lowest BCUT2D eigenvalue weighted by molar-refractivity contribution is -0.117. The summed E-state index contributed by atoms with van der Waals surface area (Å²) in [6, 6.07) is 17.4. The molecule has 4 nitrogen and oxygen atoms in total. The molecule has 0 aliphatic heterocycles. The summed E-state index contributed by atoms with van der Waals surface area (Å²) in [5.41, 5.74) is 2.70. The van der Waals surface area contributed by atoms with Gasteiger partial charge in [0.15, 0.2) is 0 Å². The minimum atomic E-state index is 0.0211. The first-order valence-corrected chi connectivity index (χ1v) is 8.46. The van der Waals surface area contributed by atoms with E-state index in [2.05, 4.69) is 4.98 Å². The zero-order valence-corrected chi connectivity index (χ0v) is 14.4. The second kappa shape index (κ2) is 7.27. The van der Waals surface area contributed by atoms with Crippen molar-refractivity contribution in [3.8, 4) is 16.3 Å². The van der Waals surface area contributed by atoms with E-state index in [0.29, 0.717) is 0 Å². The smallest absolute Gasteiger partial charge is 0.232 e. The number of likely N-dealkylation sites (N-methyl/N-ethyl adjacent to an activating group) is 1. The molecule has 2 aromatic carbocycles. The summed E-state index contributed by atoms with van der Waals surface area (Å²) in [6.45, 7) is 0. The van der Waals surface area contributed by atoms with Gasteiger partial charge in [0, 0.05) is 23.7 Å². The molecule has 1 amide bonds. The summed E-state index contributed by atoms with van der Waals surface area (Å²) in [6.07, 6.45) is 0.290. The highest BCUT2D eigenvalue weighted by Gasteiger charge is 2.14. The van der Waals surface area contributed by atoms with Crippen molar-refractivity contribution in [3.63, 3.8) is 0 Å². The van der Waals surface area contributed by atoms with E-state index in [9.17, 15) is 4.79 Å². The van der Waals surface area contributed by atoms with Crippen LogP contribution in [0.5, 0.6) is 5.75 Å². The molecule has 0 bridgehead atoms. The van der Waals surface area contributed by atoms with Crippen LogP contribution in [0.4, 0.5) is 5.69 Å². The van der Waals surface area contributed by atoms with Crippen molar-refractivity contribution in [1.82, 2.24) is 4.98 Å². The first kappa shape index (κ1) is 16.2. The van der Waals surface area contributed by atoms with Crippen molar-refractivity contribution >= 4 is 22.9 Å². The van der Waals surface area contributed by atoms with Gasteiger partial charge < -0.3 is 9.64 Å². The molecule has 0 radical (unpaired) electrons. The van der Waals surface area contributed by atoms with Gasteiger partial charge in [0.25, 0.3) is 0 Å². The molecular weight excluding hydrogens is 320 g/mol. The summed E-state index contributed by atoms with van der Waals surface area (Å²) in [5, 5.41) is 2.85. The van der Waals surface area contributed by atoms with E-state index in [1.807, 2.05) is 60.0 Å². The summed E-state index contributed by atoms with van der Waals surface area (Å²) >= 11 is 1.54. The molecule has 5 heteroatoms. The van der Waals surface area contributed by atoms with Crippen LogP contribution in [0.15, 0.2) is 60.0 Å². The number of nitrogens with zero attached hydrogens (tertiary/aromatic N) is 2. The largest absolute Gasteiger partial charge is 0.497 e. The number of carbonyl (C=O) groups excluding carboxylic acids is 1. The van der Waals surface area contributed by atoms with Gasteiger partial charge in [-0.25, -0.2) is 4.98 Å². The normalized spacial score (nSPS) is 10.4. The van der Waals surface area contributed by atoms with Crippen LogP contribution >= 0.6 is 11.3 Å². The van der Waals surface area contributed by atoms with Crippen LogP contribution in [0.3, 0.4) is 0 Å². The molecule has 0 saturated heterocycles. The Morgan fingerprint density at radius 2 is 1.83 bits per heavy atom. The third-order valence-electron chi connectivity index (χ3n) is 3.74. The average Bonchev–Trinajstić information content (AvgIpc) is 3.10. The van der Waals surface area contributed by atoms with Gasteiger partial charge >= 0.3 is 0 Å². The van der Waals surface area contributed by atoms with Gasteiger partial charge in [0.1, 0.15) is 10.8 Å².